The first-order valence-electron chi connectivity index (χ1n) is 17.8. The Morgan fingerprint density at radius 2 is 1.42 bits per heavy atom. The van der Waals surface area contributed by atoms with Crippen LogP contribution < -0.4 is 23.7 Å². The van der Waals surface area contributed by atoms with Crippen molar-refractivity contribution in [2.24, 2.45) is 0 Å². The summed E-state index contributed by atoms with van der Waals surface area (Å²) in [5.41, 5.74) is 6.10. The van der Waals surface area contributed by atoms with E-state index in [1.54, 1.807) is 32.3 Å². The second-order valence-corrected chi connectivity index (χ2v) is 13.7. The SMILES string of the molecule is C=CCOc1c(C)c(OC)c(OC)c2c1C(=O)[C@@H]1[C@@H]3c4c(cc(C)c(OC)c4OCc4ccccc4)C[C@@H](C(=O)N1[C@H]2COCc1ccccc1)N3C. The molecule has 0 unspecified atom stereocenters. The average Bonchev–Trinajstić information content (AvgIpc) is 3.17. The number of carbonyl (C=O) groups is 2. The summed E-state index contributed by atoms with van der Waals surface area (Å²) in [7, 11) is 6.64. The van der Waals surface area contributed by atoms with Crippen molar-refractivity contribution in [2.75, 3.05) is 41.6 Å². The number of piperazine rings is 1. The average molecular weight is 719 g/mol. The van der Waals surface area contributed by atoms with Crippen molar-refractivity contribution in [2.45, 2.75) is 57.6 Å². The molecule has 0 saturated carbocycles. The van der Waals surface area contributed by atoms with Crippen LogP contribution in [0.2, 0.25) is 0 Å². The lowest BCUT2D eigenvalue weighted by Crippen LogP contribution is -2.68. The Hall–Kier alpha value is -5.32. The molecule has 10 heteroatoms. The first-order chi connectivity index (χ1) is 25.7. The van der Waals surface area contributed by atoms with Gasteiger partial charge in [0, 0.05) is 16.7 Å². The van der Waals surface area contributed by atoms with Gasteiger partial charge in [0.25, 0.3) is 0 Å². The Bertz CT molecular complexity index is 2030. The molecular formula is C43H46N2O8. The highest BCUT2D eigenvalue weighted by atomic mass is 16.5. The van der Waals surface area contributed by atoms with Crippen LogP contribution >= 0.6 is 0 Å². The first kappa shape index (κ1) is 36.1. The van der Waals surface area contributed by atoms with E-state index in [2.05, 4.69) is 12.6 Å². The van der Waals surface area contributed by atoms with Crippen molar-refractivity contribution in [3.63, 3.8) is 0 Å². The first-order valence-corrected chi connectivity index (χ1v) is 17.8. The molecule has 3 aliphatic heterocycles. The van der Waals surface area contributed by atoms with E-state index < -0.39 is 24.2 Å². The summed E-state index contributed by atoms with van der Waals surface area (Å²) in [5, 5.41) is 0. The number of rotatable bonds is 13. The molecule has 7 rings (SSSR count). The number of hydrogen-bond acceptors (Lipinski definition) is 9. The monoisotopic (exact) mass is 718 g/mol. The van der Waals surface area contributed by atoms with E-state index >= 15 is 4.79 Å². The maximum absolute atomic E-state index is 15.5. The van der Waals surface area contributed by atoms with Gasteiger partial charge in [-0.3, -0.25) is 14.5 Å². The normalized spacial score (nSPS) is 20.2. The molecule has 0 spiro atoms. The van der Waals surface area contributed by atoms with Crippen LogP contribution in [0.25, 0.3) is 0 Å². The van der Waals surface area contributed by atoms with Gasteiger partial charge in [0.1, 0.15) is 25.0 Å². The topological polar surface area (TPSA) is 96.0 Å². The van der Waals surface area contributed by atoms with E-state index in [1.807, 2.05) is 86.5 Å². The number of ether oxygens (including phenoxy) is 6. The van der Waals surface area contributed by atoms with Gasteiger partial charge in [-0.1, -0.05) is 79.4 Å². The van der Waals surface area contributed by atoms with Crippen molar-refractivity contribution < 1.29 is 38.0 Å². The fourth-order valence-electron chi connectivity index (χ4n) is 8.41. The number of aryl methyl sites for hydroxylation is 1. The Morgan fingerprint density at radius 3 is 2.04 bits per heavy atom. The molecular weight excluding hydrogens is 672 g/mol. The number of likely N-dealkylation sites (N-methyl/N-ethyl adjacent to an activating group) is 1. The standard InChI is InChI=1S/C43H46N2O8/c1-8-19-52-39-26(3)40(49-6)41(50-7)33-31(24-51-22-27-15-11-9-12-16-27)45-36(37(46)34(33)39)35-32-29(21-30(43(45)47)44(35)4)20-25(2)38(48-5)42(32)53-23-28-17-13-10-14-18-28/h8-18,20,30-31,35-36H,1,19,21-24H2,2-7H3/t30-,31-,35-,36-/m0/s1. The van der Waals surface area contributed by atoms with Crippen LogP contribution in [0.5, 0.6) is 28.7 Å². The molecule has 1 amide bonds. The third-order valence-corrected chi connectivity index (χ3v) is 10.7. The summed E-state index contributed by atoms with van der Waals surface area (Å²) in [4.78, 5) is 34.2. The number of amides is 1. The van der Waals surface area contributed by atoms with Crippen LogP contribution in [0.1, 0.15) is 61.4 Å². The van der Waals surface area contributed by atoms with Crippen LogP contribution in [0.15, 0.2) is 79.4 Å². The van der Waals surface area contributed by atoms with Gasteiger partial charge in [-0.05, 0) is 49.6 Å². The highest BCUT2D eigenvalue weighted by Gasteiger charge is 2.59. The molecule has 53 heavy (non-hydrogen) atoms. The zero-order valence-electron chi connectivity index (χ0n) is 31.1. The van der Waals surface area contributed by atoms with Gasteiger partial charge in [0.2, 0.25) is 5.91 Å². The summed E-state index contributed by atoms with van der Waals surface area (Å²) in [6.45, 7) is 8.51. The van der Waals surface area contributed by atoms with Gasteiger partial charge in [0.05, 0.1) is 58.2 Å². The number of benzene rings is 4. The van der Waals surface area contributed by atoms with Crippen molar-refractivity contribution >= 4 is 11.7 Å². The highest BCUT2D eigenvalue weighted by molar-refractivity contribution is 6.10. The predicted octanol–water partition coefficient (Wildman–Crippen LogP) is 6.74. The van der Waals surface area contributed by atoms with Crippen LogP contribution in [0, 0.1) is 13.8 Å². The number of carbonyl (C=O) groups excluding carboxylic acids is 2. The molecule has 4 aromatic carbocycles. The van der Waals surface area contributed by atoms with Crippen molar-refractivity contribution in [1.29, 1.82) is 0 Å². The molecule has 1 fully saturated rings. The minimum absolute atomic E-state index is 0.0888. The zero-order valence-corrected chi connectivity index (χ0v) is 31.1. The van der Waals surface area contributed by atoms with Crippen LogP contribution in [-0.2, 0) is 29.2 Å². The maximum Gasteiger partial charge on any atom is 0.241 e. The molecule has 10 nitrogen and oxygen atoms in total. The largest absolute Gasteiger partial charge is 0.493 e. The number of ketones is 1. The minimum atomic E-state index is -0.962. The molecule has 276 valence electrons. The fourth-order valence-corrected chi connectivity index (χ4v) is 8.41. The molecule has 2 bridgehead atoms. The molecule has 4 aromatic rings. The molecule has 1 saturated heterocycles. The summed E-state index contributed by atoms with van der Waals surface area (Å²) in [6.07, 6.45) is 2.06. The zero-order chi connectivity index (χ0) is 37.4. The maximum atomic E-state index is 15.5. The van der Waals surface area contributed by atoms with Crippen molar-refractivity contribution in [3.05, 3.63) is 124 Å². The lowest BCUT2D eigenvalue weighted by molar-refractivity contribution is -0.156. The van der Waals surface area contributed by atoms with Gasteiger partial charge in [-0.25, -0.2) is 0 Å². The second kappa shape index (κ2) is 15.0. The van der Waals surface area contributed by atoms with Gasteiger partial charge in [0.15, 0.2) is 28.8 Å². The van der Waals surface area contributed by atoms with Gasteiger partial charge < -0.3 is 33.3 Å². The number of Topliss-reactive ketones (excluding diaryl/α,β-unsaturated/α-hetero) is 1. The minimum Gasteiger partial charge on any atom is -0.493 e. The second-order valence-electron chi connectivity index (χ2n) is 13.7. The van der Waals surface area contributed by atoms with Crippen LogP contribution in [0.3, 0.4) is 0 Å². The van der Waals surface area contributed by atoms with Crippen molar-refractivity contribution in [3.8, 4) is 28.7 Å². The summed E-state index contributed by atoms with van der Waals surface area (Å²) in [5.74, 6) is 1.89. The predicted molar refractivity (Wildman–Crippen MR) is 200 cm³/mol. The number of hydrogen-bond donors (Lipinski definition) is 0. The van der Waals surface area contributed by atoms with Gasteiger partial charge in [-0.15, -0.1) is 0 Å². The van der Waals surface area contributed by atoms with E-state index in [0.29, 0.717) is 65.1 Å². The summed E-state index contributed by atoms with van der Waals surface area (Å²) < 4.78 is 37.4. The molecule has 4 atom stereocenters. The number of fused-ring (bicyclic) bond motifs is 7. The van der Waals surface area contributed by atoms with Gasteiger partial charge in [-0.2, -0.15) is 0 Å². The molecule has 0 aromatic heterocycles. The van der Waals surface area contributed by atoms with Crippen molar-refractivity contribution in [1.82, 2.24) is 9.80 Å². The third kappa shape index (κ3) is 6.09. The summed E-state index contributed by atoms with van der Waals surface area (Å²) >= 11 is 0. The highest BCUT2D eigenvalue weighted by Crippen LogP contribution is 2.57. The number of nitrogens with zero attached hydrogens (tertiary/aromatic N) is 2. The third-order valence-electron chi connectivity index (χ3n) is 10.7. The summed E-state index contributed by atoms with van der Waals surface area (Å²) in [6, 6.07) is 19.0. The lowest BCUT2D eigenvalue weighted by Gasteiger charge is -2.56. The van der Waals surface area contributed by atoms with E-state index in [0.717, 1.165) is 27.8 Å². The van der Waals surface area contributed by atoms with Crippen LogP contribution in [0.4, 0.5) is 0 Å². The molecule has 3 aliphatic rings. The Morgan fingerprint density at radius 1 is 0.774 bits per heavy atom. The molecule has 0 aliphatic carbocycles. The quantitative estimate of drug-likeness (QED) is 0.139. The number of methoxy groups -OCH3 is 3. The lowest BCUT2D eigenvalue weighted by atomic mass is 9.73. The van der Waals surface area contributed by atoms with E-state index in [1.165, 1.54) is 0 Å². The van der Waals surface area contributed by atoms with Crippen LogP contribution in [-0.4, -0.2) is 75.2 Å². The van der Waals surface area contributed by atoms with E-state index in [-0.39, 0.29) is 24.9 Å². The fraction of sp³-hybridized carbons (Fsp3) is 0.349. The Balaban J connectivity index is 1.44. The van der Waals surface area contributed by atoms with E-state index in [9.17, 15) is 4.79 Å². The Kier molecular flexibility index (Phi) is 10.2. The molecule has 0 radical (unpaired) electrons. The molecule has 0 N–H and O–H groups in total. The van der Waals surface area contributed by atoms with E-state index in [4.69, 9.17) is 28.4 Å². The van der Waals surface area contributed by atoms with Gasteiger partial charge >= 0.3 is 0 Å². The smallest absolute Gasteiger partial charge is 0.241 e. The molecule has 3 heterocycles. The Labute approximate surface area is 310 Å².